The fourth-order valence-electron chi connectivity index (χ4n) is 2.34. The van der Waals surface area contributed by atoms with E-state index in [-0.39, 0.29) is 23.8 Å². The van der Waals surface area contributed by atoms with Crippen LogP contribution in [0.15, 0.2) is 24.3 Å². The molecule has 0 heterocycles. The van der Waals surface area contributed by atoms with Gasteiger partial charge in [0, 0.05) is 12.0 Å². The van der Waals surface area contributed by atoms with Crippen LogP contribution in [-0.2, 0) is 4.79 Å². The number of carbonyl (C=O) groups is 2. The average Bonchev–Trinajstić information content (AvgIpc) is 2.47. The van der Waals surface area contributed by atoms with Crippen molar-refractivity contribution in [1.29, 1.82) is 0 Å². The van der Waals surface area contributed by atoms with Crippen molar-refractivity contribution in [1.82, 2.24) is 5.32 Å². The number of carbonyl (C=O) groups excluding carboxylic acids is 2. The number of amides is 2. The lowest BCUT2D eigenvalue weighted by molar-refractivity contribution is -0.120. The predicted molar refractivity (Wildman–Crippen MR) is 91.0 cm³/mol. The highest BCUT2D eigenvalue weighted by molar-refractivity contribution is 6.04. The fourth-order valence-corrected chi connectivity index (χ4v) is 2.34. The Kier molecular flexibility index (Phi) is 7.64. The molecule has 0 aliphatic heterocycles. The second-order valence-corrected chi connectivity index (χ2v) is 5.91. The number of anilines is 1. The van der Waals surface area contributed by atoms with E-state index in [0.29, 0.717) is 11.3 Å². The Hall–Kier alpha value is -1.84. The molecule has 1 aromatic rings. The summed E-state index contributed by atoms with van der Waals surface area (Å²) < 4.78 is 0. The number of rotatable bonds is 8. The van der Waals surface area contributed by atoms with Crippen molar-refractivity contribution < 1.29 is 9.59 Å². The van der Waals surface area contributed by atoms with Gasteiger partial charge < -0.3 is 10.6 Å². The highest BCUT2D eigenvalue weighted by atomic mass is 16.2. The van der Waals surface area contributed by atoms with Gasteiger partial charge in [0.05, 0.1) is 11.3 Å². The molecule has 0 aliphatic carbocycles. The molecule has 4 heteroatoms. The standard InChI is InChI=1S/C18H28N2O2/c1-5-7-10-14(6-2)17(21)20-16-12-9-8-11-15(16)18(22)19-13(3)4/h8-9,11-14H,5-7,10H2,1-4H3,(H,19,22)(H,20,21)/t14-/m0/s1. The molecule has 0 spiro atoms. The molecule has 2 N–H and O–H groups in total. The summed E-state index contributed by atoms with van der Waals surface area (Å²) in [5, 5.41) is 5.78. The Morgan fingerprint density at radius 1 is 1.14 bits per heavy atom. The topological polar surface area (TPSA) is 58.2 Å². The molecular formula is C18H28N2O2. The molecule has 1 aromatic carbocycles. The van der Waals surface area contributed by atoms with Gasteiger partial charge in [-0.3, -0.25) is 9.59 Å². The monoisotopic (exact) mass is 304 g/mol. The zero-order valence-corrected chi connectivity index (χ0v) is 14.1. The van der Waals surface area contributed by atoms with Gasteiger partial charge in [0.2, 0.25) is 5.91 Å². The minimum atomic E-state index is -0.160. The molecule has 0 unspecified atom stereocenters. The number of para-hydroxylation sites is 1. The SMILES string of the molecule is CCCC[C@H](CC)C(=O)Nc1ccccc1C(=O)NC(C)C. The molecule has 0 fully saturated rings. The zero-order chi connectivity index (χ0) is 16.5. The van der Waals surface area contributed by atoms with E-state index in [2.05, 4.69) is 17.6 Å². The smallest absolute Gasteiger partial charge is 0.253 e. The van der Waals surface area contributed by atoms with Gasteiger partial charge in [0.1, 0.15) is 0 Å². The first-order valence-corrected chi connectivity index (χ1v) is 8.20. The van der Waals surface area contributed by atoms with Gasteiger partial charge in [-0.2, -0.15) is 0 Å². The lowest BCUT2D eigenvalue weighted by Crippen LogP contribution is -2.31. The fraction of sp³-hybridized carbons (Fsp3) is 0.556. The molecule has 0 aromatic heterocycles. The van der Waals surface area contributed by atoms with E-state index < -0.39 is 0 Å². The lowest BCUT2D eigenvalue weighted by atomic mass is 9.98. The second kappa shape index (κ2) is 9.23. The minimum absolute atomic E-state index is 0.000692. The maximum atomic E-state index is 12.4. The van der Waals surface area contributed by atoms with Crippen LogP contribution in [0.2, 0.25) is 0 Å². The lowest BCUT2D eigenvalue weighted by Gasteiger charge is -2.17. The Bertz CT molecular complexity index is 498. The summed E-state index contributed by atoms with van der Waals surface area (Å²) >= 11 is 0. The van der Waals surface area contributed by atoms with Gasteiger partial charge in [-0.05, 0) is 38.8 Å². The number of unbranched alkanes of at least 4 members (excludes halogenated alkanes) is 1. The summed E-state index contributed by atoms with van der Waals surface area (Å²) in [5.41, 5.74) is 1.09. The summed E-state index contributed by atoms with van der Waals surface area (Å²) in [5.74, 6) is -0.158. The molecule has 22 heavy (non-hydrogen) atoms. The van der Waals surface area contributed by atoms with Gasteiger partial charge in [0.25, 0.3) is 5.91 Å². The quantitative estimate of drug-likeness (QED) is 0.763. The van der Waals surface area contributed by atoms with Crippen molar-refractivity contribution in [2.24, 2.45) is 5.92 Å². The summed E-state index contributed by atoms with van der Waals surface area (Å²) in [6.45, 7) is 7.97. The predicted octanol–water partition coefficient (Wildman–Crippen LogP) is 3.98. The van der Waals surface area contributed by atoms with E-state index >= 15 is 0 Å². The Balaban J connectivity index is 2.84. The van der Waals surface area contributed by atoms with Crippen molar-refractivity contribution in [2.75, 3.05) is 5.32 Å². The summed E-state index contributed by atoms with van der Waals surface area (Å²) in [7, 11) is 0. The van der Waals surface area contributed by atoms with E-state index in [1.807, 2.05) is 26.8 Å². The molecule has 0 aliphatic rings. The first-order valence-electron chi connectivity index (χ1n) is 8.20. The van der Waals surface area contributed by atoms with E-state index in [1.165, 1.54) is 0 Å². The first kappa shape index (κ1) is 18.2. The highest BCUT2D eigenvalue weighted by Crippen LogP contribution is 2.19. The van der Waals surface area contributed by atoms with Crippen LogP contribution >= 0.6 is 0 Å². The number of hydrogen-bond acceptors (Lipinski definition) is 2. The molecule has 0 bridgehead atoms. The number of benzene rings is 1. The van der Waals surface area contributed by atoms with Crippen molar-refractivity contribution >= 4 is 17.5 Å². The third kappa shape index (κ3) is 5.51. The first-order chi connectivity index (χ1) is 10.5. The van der Waals surface area contributed by atoms with Crippen LogP contribution in [0.4, 0.5) is 5.69 Å². The minimum Gasteiger partial charge on any atom is -0.350 e. The van der Waals surface area contributed by atoms with Crippen LogP contribution in [0.3, 0.4) is 0 Å². The number of nitrogens with one attached hydrogen (secondary N) is 2. The van der Waals surface area contributed by atoms with Gasteiger partial charge >= 0.3 is 0 Å². The maximum Gasteiger partial charge on any atom is 0.253 e. The molecule has 2 amide bonds. The molecule has 0 saturated heterocycles. The largest absolute Gasteiger partial charge is 0.350 e. The number of hydrogen-bond donors (Lipinski definition) is 2. The summed E-state index contributed by atoms with van der Waals surface area (Å²) in [4.78, 5) is 24.6. The average molecular weight is 304 g/mol. The van der Waals surface area contributed by atoms with Gasteiger partial charge in [0.15, 0.2) is 0 Å². The normalized spacial score (nSPS) is 12.0. The van der Waals surface area contributed by atoms with E-state index in [4.69, 9.17) is 0 Å². The van der Waals surface area contributed by atoms with E-state index in [1.54, 1.807) is 18.2 Å². The summed E-state index contributed by atoms with van der Waals surface area (Å²) in [6.07, 6.45) is 3.82. The van der Waals surface area contributed by atoms with Crippen molar-refractivity contribution in [3.63, 3.8) is 0 Å². The molecule has 0 saturated carbocycles. The zero-order valence-electron chi connectivity index (χ0n) is 14.1. The second-order valence-electron chi connectivity index (χ2n) is 5.91. The Labute approximate surface area is 133 Å². The van der Waals surface area contributed by atoms with Gasteiger partial charge in [-0.15, -0.1) is 0 Å². The highest BCUT2D eigenvalue weighted by Gasteiger charge is 2.19. The third-order valence-electron chi connectivity index (χ3n) is 3.62. The van der Waals surface area contributed by atoms with Crippen molar-refractivity contribution in [3.8, 4) is 0 Å². The van der Waals surface area contributed by atoms with Gasteiger partial charge in [-0.1, -0.05) is 38.8 Å². The molecule has 0 radical (unpaired) electrons. The van der Waals surface area contributed by atoms with Crippen LogP contribution < -0.4 is 10.6 Å². The van der Waals surface area contributed by atoms with Crippen molar-refractivity contribution in [2.45, 2.75) is 59.4 Å². The van der Waals surface area contributed by atoms with E-state index in [0.717, 1.165) is 25.7 Å². The van der Waals surface area contributed by atoms with Crippen LogP contribution in [0.25, 0.3) is 0 Å². The van der Waals surface area contributed by atoms with Crippen molar-refractivity contribution in [3.05, 3.63) is 29.8 Å². The van der Waals surface area contributed by atoms with Crippen LogP contribution in [0.1, 0.15) is 63.7 Å². The molecular weight excluding hydrogens is 276 g/mol. The molecule has 1 rings (SSSR count). The van der Waals surface area contributed by atoms with Gasteiger partial charge in [-0.25, -0.2) is 0 Å². The third-order valence-corrected chi connectivity index (χ3v) is 3.62. The van der Waals surface area contributed by atoms with Crippen LogP contribution in [-0.4, -0.2) is 17.9 Å². The molecule has 1 atom stereocenters. The summed E-state index contributed by atoms with van der Waals surface area (Å²) in [6, 6.07) is 7.21. The Morgan fingerprint density at radius 2 is 1.82 bits per heavy atom. The van der Waals surface area contributed by atoms with E-state index in [9.17, 15) is 9.59 Å². The molecule has 122 valence electrons. The maximum absolute atomic E-state index is 12.4. The molecule has 4 nitrogen and oxygen atoms in total. The van der Waals surface area contributed by atoms with Crippen LogP contribution in [0, 0.1) is 5.92 Å². The van der Waals surface area contributed by atoms with Crippen LogP contribution in [0.5, 0.6) is 0 Å². The Morgan fingerprint density at radius 3 is 2.41 bits per heavy atom.